The van der Waals surface area contributed by atoms with Crippen LogP contribution in [0.4, 0.5) is 4.79 Å². The quantitative estimate of drug-likeness (QED) is 0.769. The number of methoxy groups -OCH3 is 1. The molecule has 1 aliphatic heterocycles. The van der Waals surface area contributed by atoms with Gasteiger partial charge in [-0.05, 0) is 71.4 Å². The molecule has 2 aliphatic rings. The molecular weight excluding hydrogens is 320 g/mol. The molecule has 1 saturated carbocycles. The maximum absolute atomic E-state index is 11.9. The van der Waals surface area contributed by atoms with E-state index in [0.29, 0.717) is 18.4 Å². The summed E-state index contributed by atoms with van der Waals surface area (Å²) in [6.45, 7) is 9.35. The van der Waals surface area contributed by atoms with Crippen LogP contribution < -0.4 is 5.32 Å². The number of alkyl carbamates (subject to hydrolysis) is 1. The predicted molar refractivity (Wildman–Crippen MR) is 96.2 cm³/mol. The van der Waals surface area contributed by atoms with Gasteiger partial charge in [-0.25, -0.2) is 4.79 Å². The first kappa shape index (κ1) is 20.0. The number of carbonyl (C=O) groups excluding carboxylic acids is 2. The summed E-state index contributed by atoms with van der Waals surface area (Å²) in [7, 11) is 1.49. The van der Waals surface area contributed by atoms with E-state index in [1.807, 2.05) is 20.8 Å². The number of rotatable bonds is 5. The Morgan fingerprint density at radius 3 is 2.40 bits per heavy atom. The van der Waals surface area contributed by atoms with Crippen LogP contribution in [-0.2, 0) is 14.3 Å². The van der Waals surface area contributed by atoms with Gasteiger partial charge in [0.05, 0.1) is 13.0 Å². The van der Waals surface area contributed by atoms with Crippen molar-refractivity contribution < 1.29 is 19.1 Å². The Bertz CT molecular complexity index is 453. The minimum Gasteiger partial charge on any atom is -0.469 e. The van der Waals surface area contributed by atoms with Crippen molar-refractivity contribution in [3.05, 3.63) is 0 Å². The number of esters is 1. The van der Waals surface area contributed by atoms with Crippen LogP contribution in [0.3, 0.4) is 0 Å². The lowest BCUT2D eigenvalue weighted by Crippen LogP contribution is -2.42. The summed E-state index contributed by atoms with van der Waals surface area (Å²) in [5, 5.41) is 2.89. The molecule has 0 radical (unpaired) electrons. The van der Waals surface area contributed by atoms with Gasteiger partial charge >= 0.3 is 12.1 Å². The number of hydrogen-bond donors (Lipinski definition) is 1. The third-order valence-corrected chi connectivity index (χ3v) is 5.30. The Hall–Kier alpha value is -1.30. The largest absolute Gasteiger partial charge is 0.469 e. The van der Waals surface area contributed by atoms with Gasteiger partial charge in [0.25, 0.3) is 0 Å². The van der Waals surface area contributed by atoms with Crippen molar-refractivity contribution in [2.75, 3.05) is 33.3 Å². The summed E-state index contributed by atoms with van der Waals surface area (Å²) in [5.74, 6) is 0.975. The molecule has 144 valence electrons. The van der Waals surface area contributed by atoms with E-state index in [1.165, 1.54) is 7.11 Å². The zero-order valence-electron chi connectivity index (χ0n) is 16.2. The number of ether oxygens (including phenoxy) is 2. The Labute approximate surface area is 151 Å². The monoisotopic (exact) mass is 354 g/mol. The Morgan fingerprint density at radius 2 is 1.80 bits per heavy atom. The van der Waals surface area contributed by atoms with Crippen LogP contribution in [0.2, 0.25) is 0 Å². The van der Waals surface area contributed by atoms with Gasteiger partial charge in [-0.3, -0.25) is 4.79 Å². The molecule has 2 fully saturated rings. The maximum atomic E-state index is 11.9. The van der Waals surface area contributed by atoms with Crippen LogP contribution in [0.15, 0.2) is 0 Å². The van der Waals surface area contributed by atoms with E-state index in [2.05, 4.69) is 10.2 Å². The number of nitrogens with one attached hydrogen (secondary N) is 1. The van der Waals surface area contributed by atoms with Gasteiger partial charge in [0.1, 0.15) is 5.60 Å². The van der Waals surface area contributed by atoms with Gasteiger partial charge in [0.15, 0.2) is 0 Å². The predicted octanol–water partition coefficient (Wildman–Crippen LogP) is 2.81. The molecule has 0 bridgehead atoms. The fourth-order valence-corrected chi connectivity index (χ4v) is 3.96. The van der Waals surface area contributed by atoms with Crippen molar-refractivity contribution in [2.24, 2.45) is 17.8 Å². The van der Waals surface area contributed by atoms with Gasteiger partial charge < -0.3 is 19.7 Å². The molecule has 0 aromatic carbocycles. The van der Waals surface area contributed by atoms with Crippen molar-refractivity contribution in [1.82, 2.24) is 10.2 Å². The van der Waals surface area contributed by atoms with Crippen LogP contribution >= 0.6 is 0 Å². The number of hydrogen-bond acceptors (Lipinski definition) is 5. The van der Waals surface area contributed by atoms with Gasteiger partial charge in [-0.1, -0.05) is 6.42 Å². The highest BCUT2D eigenvalue weighted by atomic mass is 16.6. The molecule has 0 spiro atoms. The molecule has 1 aliphatic carbocycles. The van der Waals surface area contributed by atoms with Gasteiger partial charge in [-0.2, -0.15) is 0 Å². The third-order valence-electron chi connectivity index (χ3n) is 5.30. The third kappa shape index (κ3) is 6.49. The highest BCUT2D eigenvalue weighted by molar-refractivity contribution is 5.73. The molecule has 2 unspecified atom stereocenters. The van der Waals surface area contributed by atoms with Crippen LogP contribution in [0.1, 0.15) is 52.9 Å². The van der Waals surface area contributed by atoms with E-state index in [9.17, 15) is 9.59 Å². The molecule has 6 nitrogen and oxygen atoms in total. The van der Waals surface area contributed by atoms with Crippen molar-refractivity contribution in [1.29, 1.82) is 0 Å². The molecule has 1 heterocycles. The lowest BCUT2D eigenvalue weighted by atomic mass is 9.92. The molecule has 25 heavy (non-hydrogen) atoms. The zero-order valence-corrected chi connectivity index (χ0v) is 16.2. The Morgan fingerprint density at radius 1 is 1.12 bits per heavy atom. The normalized spacial score (nSPS) is 25.6. The summed E-state index contributed by atoms with van der Waals surface area (Å²) in [6.07, 6.45) is 5.03. The second kappa shape index (κ2) is 8.88. The first-order valence-electron chi connectivity index (χ1n) is 9.55. The summed E-state index contributed by atoms with van der Waals surface area (Å²) in [5.41, 5.74) is -0.453. The van der Waals surface area contributed by atoms with E-state index in [1.54, 1.807) is 0 Å². The molecule has 0 aromatic rings. The fraction of sp³-hybridized carbons (Fsp3) is 0.895. The molecule has 1 saturated heterocycles. The average Bonchev–Trinajstić information content (AvgIpc) is 3.00. The molecule has 2 atom stereocenters. The lowest BCUT2D eigenvalue weighted by Gasteiger charge is -2.34. The number of carbonyl (C=O) groups is 2. The Balaban J connectivity index is 1.68. The first-order valence-corrected chi connectivity index (χ1v) is 9.55. The van der Waals surface area contributed by atoms with Crippen LogP contribution in [0, 0.1) is 17.8 Å². The fourth-order valence-electron chi connectivity index (χ4n) is 3.96. The molecule has 6 heteroatoms. The number of piperidine rings is 1. The second-order valence-corrected chi connectivity index (χ2v) is 8.45. The number of amides is 1. The summed E-state index contributed by atoms with van der Waals surface area (Å²) >= 11 is 0. The summed E-state index contributed by atoms with van der Waals surface area (Å²) in [4.78, 5) is 26.1. The highest BCUT2D eigenvalue weighted by Crippen LogP contribution is 2.34. The van der Waals surface area contributed by atoms with E-state index in [-0.39, 0.29) is 18.0 Å². The maximum Gasteiger partial charge on any atom is 0.407 e. The standard InChI is InChI=1S/C19H34N2O4/c1-19(2,3)25-18(23)20-12-14-8-10-21(11-9-14)13-15-6-5-7-16(15)17(22)24-4/h14-16H,5-13H2,1-4H3,(H,20,23). The van der Waals surface area contributed by atoms with E-state index in [0.717, 1.165) is 51.7 Å². The van der Waals surface area contributed by atoms with Crippen molar-refractivity contribution in [3.63, 3.8) is 0 Å². The number of likely N-dealkylation sites (tertiary alicyclic amines) is 1. The topological polar surface area (TPSA) is 67.9 Å². The van der Waals surface area contributed by atoms with Crippen molar-refractivity contribution in [2.45, 2.75) is 58.5 Å². The Kier molecular flexibility index (Phi) is 7.11. The summed E-state index contributed by atoms with van der Waals surface area (Å²) < 4.78 is 10.2. The van der Waals surface area contributed by atoms with Crippen LogP contribution in [-0.4, -0.2) is 55.9 Å². The van der Waals surface area contributed by atoms with Crippen LogP contribution in [0.25, 0.3) is 0 Å². The second-order valence-electron chi connectivity index (χ2n) is 8.45. The smallest absolute Gasteiger partial charge is 0.407 e. The average molecular weight is 354 g/mol. The van der Waals surface area contributed by atoms with Crippen LogP contribution in [0.5, 0.6) is 0 Å². The molecule has 0 aromatic heterocycles. The van der Waals surface area contributed by atoms with E-state index < -0.39 is 5.60 Å². The molecule has 1 amide bonds. The van der Waals surface area contributed by atoms with Gasteiger partial charge in [0.2, 0.25) is 0 Å². The summed E-state index contributed by atoms with van der Waals surface area (Å²) in [6, 6.07) is 0. The molecule has 2 rings (SSSR count). The van der Waals surface area contributed by atoms with E-state index in [4.69, 9.17) is 9.47 Å². The number of nitrogens with zero attached hydrogens (tertiary/aromatic N) is 1. The highest BCUT2D eigenvalue weighted by Gasteiger charge is 2.35. The van der Waals surface area contributed by atoms with Crippen molar-refractivity contribution in [3.8, 4) is 0 Å². The first-order chi connectivity index (χ1) is 11.8. The molecular formula is C19H34N2O4. The van der Waals surface area contributed by atoms with E-state index >= 15 is 0 Å². The lowest BCUT2D eigenvalue weighted by molar-refractivity contribution is -0.146. The molecule has 1 N–H and O–H groups in total. The minimum atomic E-state index is -0.453. The SMILES string of the molecule is COC(=O)C1CCCC1CN1CCC(CNC(=O)OC(C)(C)C)CC1. The zero-order chi connectivity index (χ0) is 18.4. The van der Waals surface area contributed by atoms with Gasteiger partial charge in [-0.15, -0.1) is 0 Å². The minimum absolute atomic E-state index is 0.0426. The van der Waals surface area contributed by atoms with Crippen molar-refractivity contribution >= 4 is 12.1 Å². The van der Waals surface area contributed by atoms with Gasteiger partial charge in [0, 0.05) is 13.1 Å².